The zero-order valence-corrected chi connectivity index (χ0v) is 16.5. The van der Waals surface area contributed by atoms with Crippen LogP contribution in [0.2, 0.25) is 5.02 Å². The van der Waals surface area contributed by atoms with Gasteiger partial charge in [0.05, 0.1) is 21.7 Å². The van der Waals surface area contributed by atoms with Crippen LogP contribution in [0.3, 0.4) is 0 Å². The minimum Gasteiger partial charge on any atom is -0.484 e. The summed E-state index contributed by atoms with van der Waals surface area (Å²) in [6.45, 7) is 4.56. The Hall–Kier alpha value is -3.33. The average Bonchev–Trinajstić information content (AvgIpc) is 3.36. The van der Waals surface area contributed by atoms with Gasteiger partial charge in [0.15, 0.2) is 5.76 Å². The summed E-state index contributed by atoms with van der Waals surface area (Å²) in [4.78, 5) is 22.6. The first-order valence-electron chi connectivity index (χ1n) is 8.87. The average molecular weight is 419 g/mol. The van der Waals surface area contributed by atoms with Crippen LogP contribution >= 0.6 is 11.6 Å². The van der Waals surface area contributed by atoms with Crippen LogP contribution in [0.15, 0.2) is 47.0 Å². The number of ether oxygens (including phenoxy) is 1. The third-order valence-corrected chi connectivity index (χ3v) is 4.52. The Kier molecular flexibility index (Phi) is 6.18. The standard InChI is InChI=1S/C19H19ClN4O5/c1-3-23-16(8-9-21-23)12(2)22-19(25)18-7-5-14(29-18)11-28-17-6-4-13(24(26)27)10-15(17)20/h4-10,12H,3,11H2,1-2H3,(H,22,25). The van der Waals surface area contributed by atoms with Crippen LogP contribution in [-0.2, 0) is 13.2 Å². The summed E-state index contributed by atoms with van der Waals surface area (Å²) in [6.07, 6.45) is 1.69. The summed E-state index contributed by atoms with van der Waals surface area (Å²) < 4.78 is 12.9. The minimum absolute atomic E-state index is 0.0168. The highest BCUT2D eigenvalue weighted by atomic mass is 35.5. The van der Waals surface area contributed by atoms with Crippen LogP contribution in [0.4, 0.5) is 5.69 Å². The SMILES string of the molecule is CCn1nccc1C(C)NC(=O)c1ccc(COc2ccc([N+](=O)[O-])cc2Cl)o1. The predicted molar refractivity (Wildman–Crippen MR) is 105 cm³/mol. The van der Waals surface area contributed by atoms with Crippen molar-refractivity contribution in [3.63, 3.8) is 0 Å². The number of non-ortho nitro benzene ring substituents is 1. The van der Waals surface area contributed by atoms with E-state index >= 15 is 0 Å². The van der Waals surface area contributed by atoms with Crippen molar-refractivity contribution in [2.24, 2.45) is 0 Å². The lowest BCUT2D eigenvalue weighted by Gasteiger charge is -2.14. The maximum Gasteiger partial charge on any atom is 0.287 e. The fourth-order valence-corrected chi connectivity index (χ4v) is 2.99. The molecule has 0 fully saturated rings. The van der Waals surface area contributed by atoms with Crippen molar-refractivity contribution in [3.8, 4) is 5.75 Å². The number of rotatable bonds is 8. The number of nitrogens with zero attached hydrogens (tertiary/aromatic N) is 3. The van der Waals surface area contributed by atoms with Gasteiger partial charge in [-0.25, -0.2) is 0 Å². The summed E-state index contributed by atoms with van der Waals surface area (Å²) in [6, 6.07) is 8.70. The molecular weight excluding hydrogens is 400 g/mol. The highest BCUT2D eigenvalue weighted by Crippen LogP contribution is 2.29. The van der Waals surface area contributed by atoms with E-state index < -0.39 is 4.92 Å². The van der Waals surface area contributed by atoms with Crippen molar-refractivity contribution < 1.29 is 18.9 Å². The number of nitrogens with one attached hydrogen (secondary N) is 1. The van der Waals surface area contributed by atoms with Gasteiger partial charge < -0.3 is 14.5 Å². The molecule has 152 valence electrons. The highest BCUT2D eigenvalue weighted by Gasteiger charge is 2.18. The Bertz CT molecular complexity index is 1030. The van der Waals surface area contributed by atoms with E-state index in [4.69, 9.17) is 20.8 Å². The maximum atomic E-state index is 12.4. The van der Waals surface area contributed by atoms with Crippen LogP contribution in [-0.4, -0.2) is 20.6 Å². The topological polar surface area (TPSA) is 112 Å². The van der Waals surface area contributed by atoms with Crippen LogP contribution in [0.5, 0.6) is 5.75 Å². The molecule has 1 atom stereocenters. The van der Waals surface area contributed by atoms with Crippen molar-refractivity contribution in [1.82, 2.24) is 15.1 Å². The van der Waals surface area contributed by atoms with Crippen molar-refractivity contribution in [2.75, 3.05) is 0 Å². The Morgan fingerprint density at radius 3 is 2.86 bits per heavy atom. The summed E-state index contributed by atoms with van der Waals surface area (Å²) in [5.74, 6) is 0.478. The van der Waals surface area contributed by atoms with Crippen molar-refractivity contribution in [1.29, 1.82) is 0 Å². The largest absolute Gasteiger partial charge is 0.484 e. The molecule has 0 bridgehead atoms. The van der Waals surface area contributed by atoms with Crippen LogP contribution in [0.25, 0.3) is 0 Å². The summed E-state index contributed by atoms with van der Waals surface area (Å²) in [7, 11) is 0. The Morgan fingerprint density at radius 1 is 1.38 bits per heavy atom. The van der Waals surface area contributed by atoms with E-state index in [1.807, 2.05) is 19.9 Å². The molecule has 10 heteroatoms. The van der Waals surface area contributed by atoms with Gasteiger partial charge in [-0.2, -0.15) is 5.10 Å². The molecule has 0 aliphatic rings. The Morgan fingerprint density at radius 2 is 2.17 bits per heavy atom. The lowest BCUT2D eigenvalue weighted by Crippen LogP contribution is -2.28. The number of nitro groups is 1. The fraction of sp³-hybridized carbons (Fsp3) is 0.263. The number of halogens is 1. The number of carbonyl (C=O) groups is 1. The van der Waals surface area contributed by atoms with Crippen molar-refractivity contribution >= 4 is 23.2 Å². The smallest absolute Gasteiger partial charge is 0.287 e. The second kappa shape index (κ2) is 8.78. The van der Waals surface area contributed by atoms with Gasteiger partial charge in [-0.15, -0.1) is 0 Å². The van der Waals surface area contributed by atoms with Gasteiger partial charge in [0, 0.05) is 24.9 Å². The van der Waals surface area contributed by atoms with E-state index in [1.54, 1.807) is 23.0 Å². The molecule has 1 amide bonds. The first kappa shape index (κ1) is 20.4. The van der Waals surface area contributed by atoms with E-state index in [9.17, 15) is 14.9 Å². The van der Waals surface area contributed by atoms with Crippen LogP contribution < -0.4 is 10.1 Å². The fourth-order valence-electron chi connectivity index (χ4n) is 2.76. The van der Waals surface area contributed by atoms with Crippen molar-refractivity contribution in [2.45, 2.75) is 33.0 Å². The lowest BCUT2D eigenvalue weighted by molar-refractivity contribution is -0.384. The molecule has 2 heterocycles. The zero-order valence-electron chi connectivity index (χ0n) is 15.8. The molecule has 1 N–H and O–H groups in total. The summed E-state index contributed by atoms with van der Waals surface area (Å²) in [5, 5.41) is 17.9. The van der Waals surface area contributed by atoms with Gasteiger partial charge in [-0.1, -0.05) is 11.6 Å². The molecule has 0 spiro atoms. The van der Waals surface area contributed by atoms with Gasteiger partial charge in [0.25, 0.3) is 11.6 Å². The van der Waals surface area contributed by atoms with Crippen molar-refractivity contribution in [3.05, 3.63) is 74.9 Å². The second-order valence-corrected chi connectivity index (χ2v) is 6.60. The first-order chi connectivity index (χ1) is 13.9. The summed E-state index contributed by atoms with van der Waals surface area (Å²) >= 11 is 5.99. The number of nitro benzene ring substituents is 1. The molecule has 1 aromatic carbocycles. The number of benzene rings is 1. The second-order valence-electron chi connectivity index (χ2n) is 6.19. The number of carbonyl (C=O) groups excluding carboxylic acids is 1. The number of hydrogen-bond acceptors (Lipinski definition) is 6. The lowest BCUT2D eigenvalue weighted by atomic mass is 10.2. The predicted octanol–water partition coefficient (Wildman–Crippen LogP) is 4.13. The van der Waals surface area contributed by atoms with Gasteiger partial charge in [0.2, 0.25) is 0 Å². The molecule has 1 unspecified atom stereocenters. The monoisotopic (exact) mass is 418 g/mol. The van der Waals surface area contributed by atoms with Crippen LogP contribution in [0.1, 0.15) is 41.9 Å². The quantitative estimate of drug-likeness (QED) is 0.434. The number of hydrogen-bond donors (Lipinski definition) is 1. The molecule has 29 heavy (non-hydrogen) atoms. The summed E-state index contributed by atoms with van der Waals surface area (Å²) in [5.41, 5.74) is 0.765. The third kappa shape index (κ3) is 4.75. The molecule has 0 aliphatic heterocycles. The van der Waals surface area contributed by atoms with E-state index in [-0.39, 0.29) is 40.8 Å². The molecular formula is C19H19ClN4O5. The Labute approximate surface area is 171 Å². The van der Waals surface area contributed by atoms with E-state index in [1.165, 1.54) is 18.2 Å². The normalized spacial score (nSPS) is 11.8. The molecule has 9 nitrogen and oxygen atoms in total. The van der Waals surface area contributed by atoms with Crippen LogP contribution in [0, 0.1) is 10.1 Å². The van der Waals surface area contributed by atoms with E-state index in [2.05, 4.69) is 10.4 Å². The molecule has 0 saturated carbocycles. The molecule has 0 saturated heterocycles. The molecule has 2 aromatic heterocycles. The number of amides is 1. The van der Waals surface area contributed by atoms with Gasteiger partial charge >= 0.3 is 0 Å². The first-order valence-corrected chi connectivity index (χ1v) is 9.24. The molecule has 3 aromatic rings. The zero-order chi connectivity index (χ0) is 21.0. The molecule has 0 radical (unpaired) electrons. The van der Waals surface area contributed by atoms with Gasteiger partial charge in [0.1, 0.15) is 18.1 Å². The maximum absolute atomic E-state index is 12.4. The van der Waals surface area contributed by atoms with E-state index in [0.29, 0.717) is 12.3 Å². The highest BCUT2D eigenvalue weighted by molar-refractivity contribution is 6.32. The minimum atomic E-state index is -0.540. The number of aryl methyl sites for hydroxylation is 1. The number of furan rings is 1. The van der Waals surface area contributed by atoms with Gasteiger partial charge in [-0.05, 0) is 38.1 Å². The Balaban J connectivity index is 1.60. The van der Waals surface area contributed by atoms with Gasteiger partial charge in [-0.3, -0.25) is 19.6 Å². The molecule has 3 rings (SSSR count). The molecule has 0 aliphatic carbocycles. The number of aromatic nitrogens is 2. The van der Waals surface area contributed by atoms with E-state index in [0.717, 1.165) is 5.69 Å². The third-order valence-electron chi connectivity index (χ3n) is 4.22.